The minimum absolute atomic E-state index is 0.0230. The third-order valence-corrected chi connectivity index (χ3v) is 8.22. The van der Waals surface area contributed by atoms with Crippen LogP contribution in [0.3, 0.4) is 0 Å². The summed E-state index contributed by atoms with van der Waals surface area (Å²) < 4.78 is 35.3. The van der Waals surface area contributed by atoms with Gasteiger partial charge in [-0.1, -0.05) is 56.2 Å². The summed E-state index contributed by atoms with van der Waals surface area (Å²) in [6, 6.07) is 5.17. The molecule has 1 amide bonds. The number of ether oxygens (including phenoxy) is 2. The molecule has 1 aromatic carbocycles. The Bertz CT molecular complexity index is 942. The van der Waals surface area contributed by atoms with E-state index >= 15 is 0 Å². The molecule has 6 nitrogen and oxygen atoms in total. The molecular formula is C21H27NO5S3. The Balaban J connectivity index is 1.70. The second kappa shape index (κ2) is 10.2. The standard InChI is InChI=1S/C21H27NO5S3/c1-3-4-5-6-10-27-17-8-7-15(12-18(17)26-2)13-19-20(23)22(21(28)29-19)16-9-11-30(24,25)14-16/h7-8,12-13,16H,3-6,9-11,14H2,1-2H3. The van der Waals surface area contributed by atoms with Crippen LogP contribution in [-0.4, -0.2) is 54.8 Å². The van der Waals surface area contributed by atoms with Crippen molar-refractivity contribution in [3.8, 4) is 11.5 Å². The first-order chi connectivity index (χ1) is 14.3. The summed E-state index contributed by atoms with van der Waals surface area (Å²) in [5.41, 5.74) is 0.796. The van der Waals surface area contributed by atoms with Crippen LogP contribution in [0.25, 0.3) is 6.08 Å². The zero-order valence-electron chi connectivity index (χ0n) is 17.3. The fourth-order valence-electron chi connectivity index (χ4n) is 3.53. The molecule has 0 spiro atoms. The molecule has 2 aliphatic rings. The predicted molar refractivity (Wildman–Crippen MR) is 125 cm³/mol. The lowest BCUT2D eigenvalue weighted by molar-refractivity contribution is -0.123. The van der Waals surface area contributed by atoms with Crippen LogP contribution in [0.1, 0.15) is 44.6 Å². The fourth-order valence-corrected chi connectivity index (χ4v) is 6.63. The third kappa shape index (κ3) is 5.56. The van der Waals surface area contributed by atoms with Gasteiger partial charge in [-0.2, -0.15) is 0 Å². The van der Waals surface area contributed by atoms with Gasteiger partial charge in [0.25, 0.3) is 5.91 Å². The highest BCUT2D eigenvalue weighted by Crippen LogP contribution is 2.37. The molecule has 3 rings (SSSR count). The molecular weight excluding hydrogens is 442 g/mol. The van der Waals surface area contributed by atoms with Crippen LogP contribution in [0, 0.1) is 0 Å². The summed E-state index contributed by atoms with van der Waals surface area (Å²) >= 11 is 6.56. The van der Waals surface area contributed by atoms with Crippen molar-refractivity contribution in [3.05, 3.63) is 28.7 Å². The largest absolute Gasteiger partial charge is 0.493 e. The summed E-state index contributed by atoms with van der Waals surface area (Å²) in [4.78, 5) is 14.8. The number of benzene rings is 1. The minimum Gasteiger partial charge on any atom is -0.493 e. The van der Waals surface area contributed by atoms with Crippen LogP contribution in [0.2, 0.25) is 0 Å². The van der Waals surface area contributed by atoms with Crippen molar-refractivity contribution in [1.29, 1.82) is 0 Å². The number of nitrogens with zero attached hydrogens (tertiary/aromatic N) is 1. The lowest BCUT2D eigenvalue weighted by Gasteiger charge is -2.20. The molecule has 2 fully saturated rings. The Morgan fingerprint density at radius 1 is 1.27 bits per heavy atom. The molecule has 164 valence electrons. The van der Waals surface area contributed by atoms with Crippen molar-refractivity contribution in [1.82, 2.24) is 4.90 Å². The van der Waals surface area contributed by atoms with E-state index in [-0.39, 0.29) is 23.5 Å². The van der Waals surface area contributed by atoms with Gasteiger partial charge in [0.05, 0.1) is 36.2 Å². The smallest absolute Gasteiger partial charge is 0.266 e. The van der Waals surface area contributed by atoms with E-state index in [1.807, 2.05) is 18.2 Å². The first kappa shape index (κ1) is 23.1. The van der Waals surface area contributed by atoms with Crippen LogP contribution in [0.15, 0.2) is 23.1 Å². The van der Waals surface area contributed by atoms with E-state index in [1.165, 1.54) is 29.5 Å². The highest BCUT2D eigenvalue weighted by atomic mass is 32.2. The topological polar surface area (TPSA) is 72.9 Å². The summed E-state index contributed by atoms with van der Waals surface area (Å²) in [5.74, 6) is 1.13. The highest BCUT2D eigenvalue weighted by molar-refractivity contribution is 8.26. The molecule has 0 N–H and O–H groups in total. The molecule has 0 radical (unpaired) electrons. The zero-order valence-corrected chi connectivity index (χ0v) is 19.7. The first-order valence-electron chi connectivity index (χ1n) is 10.1. The van der Waals surface area contributed by atoms with Crippen LogP contribution in [0.5, 0.6) is 11.5 Å². The van der Waals surface area contributed by atoms with Gasteiger partial charge in [-0.15, -0.1) is 0 Å². The second-order valence-electron chi connectivity index (χ2n) is 7.43. The second-order valence-corrected chi connectivity index (χ2v) is 11.3. The average molecular weight is 470 g/mol. The number of thiocarbonyl (C=S) groups is 1. The maximum Gasteiger partial charge on any atom is 0.266 e. The van der Waals surface area contributed by atoms with Crippen LogP contribution in [0.4, 0.5) is 0 Å². The van der Waals surface area contributed by atoms with Gasteiger partial charge in [0.2, 0.25) is 0 Å². The minimum atomic E-state index is -3.10. The van der Waals surface area contributed by atoms with Crippen LogP contribution < -0.4 is 9.47 Å². The van der Waals surface area contributed by atoms with Gasteiger partial charge in [0.1, 0.15) is 4.32 Å². The maximum atomic E-state index is 12.9. The summed E-state index contributed by atoms with van der Waals surface area (Å²) in [6.07, 6.45) is 6.71. The molecule has 0 bridgehead atoms. The Kier molecular flexibility index (Phi) is 7.81. The fraction of sp³-hybridized carbons (Fsp3) is 0.524. The summed E-state index contributed by atoms with van der Waals surface area (Å²) in [7, 11) is -1.51. The number of carbonyl (C=O) groups excluding carboxylic acids is 1. The van der Waals surface area contributed by atoms with Gasteiger partial charge in [-0.05, 0) is 36.6 Å². The summed E-state index contributed by atoms with van der Waals surface area (Å²) in [5, 5.41) is 0. The Hall–Kier alpha value is -1.58. The molecule has 1 unspecified atom stereocenters. The number of methoxy groups -OCH3 is 1. The molecule has 2 saturated heterocycles. The van der Waals surface area contributed by atoms with Gasteiger partial charge in [-0.25, -0.2) is 8.42 Å². The number of amides is 1. The number of hydrogen-bond donors (Lipinski definition) is 0. The molecule has 0 aliphatic carbocycles. The van der Waals surface area contributed by atoms with Crippen molar-refractivity contribution in [2.45, 2.75) is 45.1 Å². The number of thioether (sulfide) groups is 1. The summed E-state index contributed by atoms with van der Waals surface area (Å²) in [6.45, 7) is 2.81. The Morgan fingerprint density at radius 2 is 2.07 bits per heavy atom. The number of hydrogen-bond acceptors (Lipinski definition) is 7. The van der Waals surface area contributed by atoms with Crippen LogP contribution >= 0.6 is 24.0 Å². The quantitative estimate of drug-likeness (QED) is 0.307. The number of rotatable bonds is 9. The lowest BCUT2D eigenvalue weighted by Crippen LogP contribution is -2.39. The monoisotopic (exact) mass is 469 g/mol. The maximum absolute atomic E-state index is 12.9. The highest BCUT2D eigenvalue weighted by Gasteiger charge is 2.42. The van der Waals surface area contributed by atoms with Gasteiger partial charge in [0.15, 0.2) is 21.3 Å². The molecule has 2 aliphatic heterocycles. The normalized spacial score (nSPS) is 22.1. The van der Waals surface area contributed by atoms with Gasteiger partial charge < -0.3 is 9.47 Å². The van der Waals surface area contributed by atoms with Crippen molar-refractivity contribution in [2.24, 2.45) is 0 Å². The molecule has 2 heterocycles. The van der Waals surface area contributed by atoms with Crippen molar-refractivity contribution in [2.75, 3.05) is 25.2 Å². The van der Waals surface area contributed by atoms with E-state index in [0.29, 0.717) is 33.8 Å². The van der Waals surface area contributed by atoms with E-state index in [0.717, 1.165) is 18.4 Å². The predicted octanol–water partition coefficient (Wildman–Crippen LogP) is 4.04. The molecule has 30 heavy (non-hydrogen) atoms. The molecule has 0 aromatic heterocycles. The van der Waals surface area contributed by atoms with E-state index in [2.05, 4.69) is 6.92 Å². The molecule has 1 aromatic rings. The molecule has 0 saturated carbocycles. The average Bonchev–Trinajstić information content (AvgIpc) is 3.20. The van der Waals surface area contributed by atoms with Crippen molar-refractivity contribution >= 4 is 50.1 Å². The number of unbranched alkanes of at least 4 members (excludes halogenated alkanes) is 3. The molecule has 9 heteroatoms. The van der Waals surface area contributed by atoms with Gasteiger partial charge in [-0.3, -0.25) is 9.69 Å². The van der Waals surface area contributed by atoms with E-state index in [4.69, 9.17) is 21.7 Å². The van der Waals surface area contributed by atoms with Gasteiger partial charge >= 0.3 is 0 Å². The Labute approximate surface area is 187 Å². The third-order valence-electron chi connectivity index (χ3n) is 5.14. The van der Waals surface area contributed by atoms with Crippen molar-refractivity contribution in [3.63, 3.8) is 0 Å². The van der Waals surface area contributed by atoms with Crippen LogP contribution in [-0.2, 0) is 14.6 Å². The van der Waals surface area contributed by atoms with Crippen molar-refractivity contribution < 1.29 is 22.7 Å². The van der Waals surface area contributed by atoms with E-state index < -0.39 is 9.84 Å². The number of sulfone groups is 1. The van der Waals surface area contributed by atoms with Gasteiger partial charge in [0, 0.05) is 0 Å². The number of carbonyl (C=O) groups is 1. The SMILES string of the molecule is CCCCCCOc1ccc(C=C2SC(=S)N(C3CCS(=O)(=O)C3)C2=O)cc1OC. The molecule has 1 atom stereocenters. The van der Waals surface area contributed by atoms with E-state index in [1.54, 1.807) is 13.2 Å². The first-order valence-corrected chi connectivity index (χ1v) is 13.2. The Morgan fingerprint density at radius 3 is 2.73 bits per heavy atom. The van der Waals surface area contributed by atoms with E-state index in [9.17, 15) is 13.2 Å². The zero-order chi connectivity index (χ0) is 21.7. The lowest BCUT2D eigenvalue weighted by atomic mass is 10.1.